The number of benzene rings is 1. The van der Waals surface area contributed by atoms with E-state index in [4.69, 9.17) is 14.4 Å². The van der Waals surface area contributed by atoms with E-state index in [-0.39, 0.29) is 6.61 Å². The summed E-state index contributed by atoms with van der Waals surface area (Å²) >= 11 is 0. The number of hydrogen-bond acceptors (Lipinski definition) is 5. The maximum atomic E-state index is 11.6. The van der Waals surface area contributed by atoms with Crippen LogP contribution in [0.2, 0.25) is 0 Å². The Morgan fingerprint density at radius 3 is 2.39 bits per heavy atom. The molecule has 0 N–H and O–H groups in total. The van der Waals surface area contributed by atoms with Gasteiger partial charge in [0, 0.05) is 7.11 Å². The summed E-state index contributed by atoms with van der Waals surface area (Å²) in [4.78, 5) is 21.0. The summed E-state index contributed by atoms with van der Waals surface area (Å²) in [5.41, 5.74) is 0.392. The highest BCUT2D eigenvalue weighted by Crippen LogP contribution is 2.13. The molecule has 0 saturated carbocycles. The fourth-order valence-electron chi connectivity index (χ4n) is 1.24. The van der Waals surface area contributed by atoms with Gasteiger partial charge in [-0.05, 0) is 38.1 Å². The molecule has 0 aliphatic carbocycles. The summed E-state index contributed by atoms with van der Waals surface area (Å²) in [6, 6.07) is 6.63. The lowest BCUT2D eigenvalue weighted by Crippen LogP contribution is -2.11. The molecule has 1 aromatic carbocycles. The van der Waals surface area contributed by atoms with Gasteiger partial charge in [-0.15, -0.1) is 0 Å². The quantitative estimate of drug-likeness (QED) is 0.551. The lowest BCUT2D eigenvalue weighted by molar-refractivity contribution is -0.237. The number of rotatable bonds is 7. The zero-order valence-electron chi connectivity index (χ0n) is 10.8. The van der Waals surface area contributed by atoms with Crippen molar-refractivity contribution < 1.29 is 24.0 Å². The van der Waals surface area contributed by atoms with Crippen LogP contribution in [-0.4, -0.2) is 26.3 Å². The SMILES string of the molecule is CCOc1ccc(C(=O)OO[C](C)COC)cc1. The summed E-state index contributed by atoms with van der Waals surface area (Å²) in [6.45, 7) is 4.41. The van der Waals surface area contributed by atoms with Crippen LogP contribution in [0.3, 0.4) is 0 Å². The molecular weight excluding hydrogens is 236 g/mol. The average Bonchev–Trinajstić information content (AvgIpc) is 2.37. The van der Waals surface area contributed by atoms with E-state index in [9.17, 15) is 4.79 Å². The molecule has 1 radical (unpaired) electrons. The van der Waals surface area contributed by atoms with Crippen LogP contribution in [0, 0.1) is 6.10 Å². The van der Waals surface area contributed by atoms with Crippen molar-refractivity contribution in [2.24, 2.45) is 0 Å². The summed E-state index contributed by atoms with van der Waals surface area (Å²) in [5.74, 6) is 0.144. The highest BCUT2D eigenvalue weighted by molar-refractivity contribution is 5.89. The molecule has 0 atom stereocenters. The highest BCUT2D eigenvalue weighted by atomic mass is 17.2. The van der Waals surface area contributed by atoms with Crippen molar-refractivity contribution >= 4 is 5.97 Å². The minimum Gasteiger partial charge on any atom is -0.494 e. The summed E-state index contributed by atoms with van der Waals surface area (Å²) < 4.78 is 10.1. The molecule has 0 aliphatic rings. The first-order valence-corrected chi connectivity index (χ1v) is 5.60. The molecule has 0 aromatic heterocycles. The average molecular weight is 253 g/mol. The Morgan fingerprint density at radius 1 is 1.17 bits per heavy atom. The van der Waals surface area contributed by atoms with Crippen LogP contribution in [-0.2, 0) is 14.5 Å². The maximum Gasteiger partial charge on any atom is 0.373 e. The first-order valence-electron chi connectivity index (χ1n) is 5.60. The zero-order chi connectivity index (χ0) is 13.4. The molecule has 5 heteroatoms. The monoisotopic (exact) mass is 253 g/mol. The predicted molar refractivity (Wildman–Crippen MR) is 64.9 cm³/mol. The number of hydrogen-bond donors (Lipinski definition) is 0. The van der Waals surface area contributed by atoms with Gasteiger partial charge in [-0.25, -0.2) is 4.79 Å². The minimum absolute atomic E-state index is 0.274. The third-order valence-electron chi connectivity index (χ3n) is 2.01. The van der Waals surface area contributed by atoms with Gasteiger partial charge < -0.3 is 9.47 Å². The third-order valence-corrected chi connectivity index (χ3v) is 2.01. The first-order chi connectivity index (χ1) is 8.67. The van der Waals surface area contributed by atoms with Gasteiger partial charge in [0.2, 0.25) is 0 Å². The summed E-state index contributed by atoms with van der Waals surface area (Å²) in [6.07, 6.45) is 0.469. The smallest absolute Gasteiger partial charge is 0.373 e. The Labute approximate surface area is 107 Å². The van der Waals surface area contributed by atoms with Crippen molar-refractivity contribution in [2.75, 3.05) is 20.3 Å². The number of ether oxygens (including phenoxy) is 2. The predicted octanol–water partition coefficient (Wildman–Crippen LogP) is 2.37. The first kappa shape index (κ1) is 14.5. The molecule has 0 spiro atoms. The number of carbonyl (C=O) groups is 1. The molecular formula is C13H17O5. The molecule has 0 amide bonds. The Bertz CT molecular complexity index is 360. The molecule has 0 aliphatic heterocycles. The normalized spacial score (nSPS) is 10.4. The molecule has 1 aromatic rings. The zero-order valence-corrected chi connectivity index (χ0v) is 10.8. The molecule has 0 saturated heterocycles. The van der Waals surface area contributed by atoms with E-state index in [2.05, 4.69) is 4.89 Å². The van der Waals surface area contributed by atoms with E-state index in [0.29, 0.717) is 24.0 Å². The molecule has 0 unspecified atom stereocenters. The van der Waals surface area contributed by atoms with E-state index in [1.165, 1.54) is 7.11 Å². The van der Waals surface area contributed by atoms with Crippen LogP contribution in [0.1, 0.15) is 24.2 Å². The van der Waals surface area contributed by atoms with Gasteiger partial charge in [0.05, 0.1) is 18.8 Å². The number of carbonyl (C=O) groups excluding carboxylic acids is 1. The van der Waals surface area contributed by atoms with Gasteiger partial charge in [0.25, 0.3) is 0 Å². The Kier molecular flexibility index (Phi) is 6.18. The van der Waals surface area contributed by atoms with Crippen molar-refractivity contribution in [2.45, 2.75) is 13.8 Å². The van der Waals surface area contributed by atoms with Crippen LogP contribution in [0.15, 0.2) is 24.3 Å². The summed E-state index contributed by atoms with van der Waals surface area (Å²) in [5, 5.41) is 0. The highest BCUT2D eigenvalue weighted by Gasteiger charge is 2.12. The van der Waals surface area contributed by atoms with E-state index in [1.807, 2.05) is 6.92 Å². The van der Waals surface area contributed by atoms with E-state index >= 15 is 0 Å². The lowest BCUT2D eigenvalue weighted by Gasteiger charge is -2.09. The van der Waals surface area contributed by atoms with Crippen LogP contribution in [0.25, 0.3) is 0 Å². The fourth-order valence-corrected chi connectivity index (χ4v) is 1.24. The van der Waals surface area contributed by atoms with Gasteiger partial charge >= 0.3 is 5.97 Å². The van der Waals surface area contributed by atoms with Gasteiger partial charge in [0.1, 0.15) is 5.75 Å². The van der Waals surface area contributed by atoms with Crippen LogP contribution in [0.5, 0.6) is 5.75 Å². The molecule has 0 fully saturated rings. The van der Waals surface area contributed by atoms with Crippen molar-refractivity contribution in [1.82, 2.24) is 0 Å². The Morgan fingerprint density at radius 2 is 1.83 bits per heavy atom. The van der Waals surface area contributed by atoms with Gasteiger partial charge in [-0.3, -0.25) is 4.89 Å². The van der Waals surface area contributed by atoms with Gasteiger partial charge in [-0.2, -0.15) is 4.89 Å². The third kappa shape index (κ3) is 4.73. The van der Waals surface area contributed by atoms with Crippen molar-refractivity contribution in [3.05, 3.63) is 35.9 Å². The van der Waals surface area contributed by atoms with Gasteiger partial charge in [0.15, 0.2) is 6.10 Å². The standard InChI is InChI=1S/C13H17O5/c1-4-16-12-7-5-11(6-8-12)13(14)18-17-10(2)9-15-3/h5-8H,4,9H2,1-3H3. The second-order valence-corrected chi connectivity index (χ2v) is 3.55. The minimum atomic E-state index is -0.562. The molecule has 99 valence electrons. The second-order valence-electron chi connectivity index (χ2n) is 3.55. The van der Waals surface area contributed by atoms with Crippen molar-refractivity contribution in [1.29, 1.82) is 0 Å². The maximum absolute atomic E-state index is 11.6. The van der Waals surface area contributed by atoms with Crippen LogP contribution >= 0.6 is 0 Å². The number of methoxy groups -OCH3 is 1. The largest absolute Gasteiger partial charge is 0.494 e. The lowest BCUT2D eigenvalue weighted by atomic mass is 10.2. The summed E-state index contributed by atoms with van der Waals surface area (Å²) in [7, 11) is 1.53. The molecule has 0 heterocycles. The van der Waals surface area contributed by atoms with Crippen LogP contribution < -0.4 is 4.74 Å². The van der Waals surface area contributed by atoms with Crippen molar-refractivity contribution in [3.8, 4) is 5.75 Å². The van der Waals surface area contributed by atoms with E-state index < -0.39 is 5.97 Å². The fraction of sp³-hybridized carbons (Fsp3) is 0.385. The second kappa shape index (κ2) is 7.68. The molecule has 5 nitrogen and oxygen atoms in total. The molecule has 0 bridgehead atoms. The van der Waals surface area contributed by atoms with Crippen LogP contribution in [0.4, 0.5) is 0 Å². The molecule has 18 heavy (non-hydrogen) atoms. The topological polar surface area (TPSA) is 54.0 Å². The van der Waals surface area contributed by atoms with E-state index in [1.54, 1.807) is 31.2 Å². The molecule has 1 rings (SSSR count). The van der Waals surface area contributed by atoms with Crippen molar-refractivity contribution in [3.63, 3.8) is 0 Å². The Hall–Kier alpha value is -1.59. The Balaban J connectivity index is 2.46. The van der Waals surface area contributed by atoms with Gasteiger partial charge in [-0.1, -0.05) is 0 Å². The van der Waals surface area contributed by atoms with E-state index in [0.717, 1.165) is 0 Å².